The lowest BCUT2D eigenvalue weighted by atomic mass is 10.3. The summed E-state index contributed by atoms with van der Waals surface area (Å²) in [6.07, 6.45) is 2.19. The van der Waals surface area contributed by atoms with E-state index >= 15 is 0 Å². The first-order valence-corrected chi connectivity index (χ1v) is 8.13. The highest BCUT2D eigenvalue weighted by Crippen LogP contribution is 2.31. The molecule has 2 aromatic rings. The van der Waals surface area contributed by atoms with Crippen molar-refractivity contribution < 1.29 is 4.74 Å². The van der Waals surface area contributed by atoms with E-state index in [9.17, 15) is 0 Å². The van der Waals surface area contributed by atoms with Crippen LogP contribution in [0.1, 0.15) is 32.5 Å². The molecular weight excluding hydrogens is 286 g/mol. The van der Waals surface area contributed by atoms with E-state index in [-0.39, 0.29) is 0 Å². The summed E-state index contributed by atoms with van der Waals surface area (Å²) in [7, 11) is 0. The SMILES string of the molecule is CCCCn1nnnc1CSc1cc(OCC)ccc1N. The average molecular weight is 307 g/mol. The number of thioether (sulfide) groups is 1. The normalized spacial score (nSPS) is 10.8. The molecule has 1 aromatic carbocycles. The number of aryl methyl sites for hydroxylation is 1. The van der Waals surface area contributed by atoms with Crippen molar-refractivity contribution in [3.05, 3.63) is 24.0 Å². The third-order valence-corrected chi connectivity index (χ3v) is 4.05. The van der Waals surface area contributed by atoms with Gasteiger partial charge in [0.15, 0.2) is 5.82 Å². The summed E-state index contributed by atoms with van der Waals surface area (Å²) in [5.41, 5.74) is 6.75. The highest BCUT2D eigenvalue weighted by atomic mass is 32.2. The molecule has 0 unspecified atom stereocenters. The molecule has 0 fully saturated rings. The predicted molar refractivity (Wildman–Crippen MR) is 84.3 cm³/mol. The fourth-order valence-corrected chi connectivity index (χ4v) is 2.77. The molecule has 0 aliphatic rings. The molecule has 0 aliphatic heterocycles. The summed E-state index contributed by atoms with van der Waals surface area (Å²) in [5, 5.41) is 11.9. The number of benzene rings is 1. The van der Waals surface area contributed by atoms with Crippen molar-refractivity contribution >= 4 is 17.4 Å². The molecule has 2 N–H and O–H groups in total. The molecule has 0 radical (unpaired) electrons. The van der Waals surface area contributed by atoms with E-state index in [0.717, 1.165) is 41.5 Å². The molecule has 7 heteroatoms. The zero-order valence-electron chi connectivity index (χ0n) is 12.5. The highest BCUT2D eigenvalue weighted by molar-refractivity contribution is 7.98. The van der Waals surface area contributed by atoms with Gasteiger partial charge in [0, 0.05) is 17.1 Å². The monoisotopic (exact) mass is 307 g/mol. The van der Waals surface area contributed by atoms with E-state index in [1.54, 1.807) is 11.8 Å². The summed E-state index contributed by atoms with van der Waals surface area (Å²) >= 11 is 1.62. The molecule has 0 atom stereocenters. The van der Waals surface area contributed by atoms with Gasteiger partial charge in [-0.15, -0.1) is 16.9 Å². The van der Waals surface area contributed by atoms with Crippen molar-refractivity contribution in [3.63, 3.8) is 0 Å². The van der Waals surface area contributed by atoms with Crippen molar-refractivity contribution in [1.29, 1.82) is 0 Å². The maximum Gasteiger partial charge on any atom is 0.161 e. The Balaban J connectivity index is 2.02. The molecule has 21 heavy (non-hydrogen) atoms. The molecule has 0 saturated heterocycles. The molecule has 0 saturated carbocycles. The standard InChI is InChI=1S/C14H21N5OS/c1-3-5-8-19-14(16-17-18-19)10-21-13-9-11(20-4-2)6-7-12(13)15/h6-7,9H,3-5,8,10,15H2,1-2H3. The summed E-state index contributed by atoms with van der Waals surface area (Å²) < 4.78 is 7.36. The van der Waals surface area contributed by atoms with Gasteiger partial charge >= 0.3 is 0 Å². The minimum Gasteiger partial charge on any atom is -0.494 e. The lowest BCUT2D eigenvalue weighted by molar-refractivity contribution is 0.339. The number of unbranched alkanes of at least 4 members (excludes halogenated alkanes) is 1. The number of nitrogen functional groups attached to an aromatic ring is 1. The van der Waals surface area contributed by atoms with Gasteiger partial charge in [-0.05, 0) is 42.0 Å². The lowest BCUT2D eigenvalue weighted by Crippen LogP contribution is -2.05. The van der Waals surface area contributed by atoms with Crippen LogP contribution in [-0.2, 0) is 12.3 Å². The highest BCUT2D eigenvalue weighted by Gasteiger charge is 2.09. The van der Waals surface area contributed by atoms with E-state index in [1.807, 2.05) is 29.8 Å². The fraction of sp³-hybridized carbons (Fsp3) is 0.500. The Morgan fingerprint density at radius 2 is 2.19 bits per heavy atom. The Hall–Kier alpha value is -1.76. The molecular formula is C14H21N5OS. The van der Waals surface area contributed by atoms with Crippen LogP contribution in [0.15, 0.2) is 23.1 Å². The van der Waals surface area contributed by atoms with Crippen molar-refractivity contribution in [2.75, 3.05) is 12.3 Å². The first-order valence-electron chi connectivity index (χ1n) is 7.14. The molecule has 114 valence electrons. The van der Waals surface area contributed by atoms with Gasteiger partial charge in [-0.1, -0.05) is 13.3 Å². The van der Waals surface area contributed by atoms with Crippen molar-refractivity contribution in [2.45, 2.75) is 43.9 Å². The third kappa shape index (κ3) is 4.35. The van der Waals surface area contributed by atoms with Gasteiger partial charge in [0.2, 0.25) is 0 Å². The molecule has 1 heterocycles. The van der Waals surface area contributed by atoms with Gasteiger partial charge in [0.05, 0.1) is 12.4 Å². The molecule has 0 aliphatic carbocycles. The molecule has 0 amide bonds. The van der Waals surface area contributed by atoms with Gasteiger partial charge in [0.1, 0.15) is 5.75 Å². The maximum absolute atomic E-state index is 6.01. The lowest BCUT2D eigenvalue weighted by Gasteiger charge is -2.09. The summed E-state index contributed by atoms with van der Waals surface area (Å²) in [6, 6.07) is 5.71. The van der Waals surface area contributed by atoms with E-state index in [2.05, 4.69) is 22.4 Å². The minimum atomic E-state index is 0.642. The number of ether oxygens (including phenoxy) is 1. The topological polar surface area (TPSA) is 78.8 Å². The number of hydrogen-bond acceptors (Lipinski definition) is 6. The summed E-state index contributed by atoms with van der Waals surface area (Å²) in [4.78, 5) is 0.992. The molecule has 1 aromatic heterocycles. The van der Waals surface area contributed by atoms with E-state index in [0.29, 0.717) is 12.4 Å². The number of anilines is 1. The second-order valence-electron chi connectivity index (χ2n) is 4.59. The zero-order chi connectivity index (χ0) is 15.1. The number of nitrogens with two attached hydrogens (primary N) is 1. The average Bonchev–Trinajstić information content (AvgIpc) is 2.93. The van der Waals surface area contributed by atoms with Crippen LogP contribution >= 0.6 is 11.8 Å². The second-order valence-corrected chi connectivity index (χ2v) is 5.61. The Bertz CT molecular complexity index is 572. The van der Waals surface area contributed by atoms with E-state index < -0.39 is 0 Å². The van der Waals surface area contributed by atoms with Gasteiger partial charge < -0.3 is 10.5 Å². The molecule has 6 nitrogen and oxygen atoms in total. The second kappa shape index (κ2) is 7.87. The summed E-state index contributed by atoms with van der Waals surface area (Å²) in [6.45, 7) is 5.61. The first-order chi connectivity index (χ1) is 10.2. The third-order valence-electron chi connectivity index (χ3n) is 2.98. The maximum atomic E-state index is 6.01. The van der Waals surface area contributed by atoms with Crippen LogP contribution in [0.4, 0.5) is 5.69 Å². The Kier molecular flexibility index (Phi) is 5.86. The van der Waals surface area contributed by atoms with Crippen LogP contribution in [0.5, 0.6) is 5.75 Å². The van der Waals surface area contributed by atoms with Crippen LogP contribution in [0.2, 0.25) is 0 Å². The largest absolute Gasteiger partial charge is 0.494 e. The van der Waals surface area contributed by atoms with Crippen LogP contribution in [0, 0.1) is 0 Å². The van der Waals surface area contributed by atoms with E-state index in [4.69, 9.17) is 10.5 Å². The van der Waals surface area contributed by atoms with Crippen LogP contribution in [-0.4, -0.2) is 26.8 Å². The van der Waals surface area contributed by atoms with Crippen molar-refractivity contribution in [1.82, 2.24) is 20.2 Å². The van der Waals surface area contributed by atoms with Crippen molar-refractivity contribution in [2.24, 2.45) is 0 Å². The number of nitrogens with zero attached hydrogens (tertiary/aromatic N) is 4. The number of rotatable bonds is 8. The molecule has 0 spiro atoms. The number of tetrazole rings is 1. The van der Waals surface area contributed by atoms with E-state index in [1.165, 1.54) is 0 Å². The predicted octanol–water partition coefficient (Wildman–Crippen LogP) is 2.75. The van der Waals surface area contributed by atoms with Gasteiger partial charge in [-0.3, -0.25) is 0 Å². The Morgan fingerprint density at radius 1 is 1.33 bits per heavy atom. The minimum absolute atomic E-state index is 0.642. The first kappa shape index (κ1) is 15.6. The zero-order valence-corrected chi connectivity index (χ0v) is 13.3. The number of hydrogen-bond donors (Lipinski definition) is 1. The molecule has 2 rings (SSSR count). The quantitative estimate of drug-likeness (QED) is 0.597. The van der Waals surface area contributed by atoms with Gasteiger partial charge in [-0.2, -0.15) is 0 Å². The van der Waals surface area contributed by atoms with Gasteiger partial charge in [0.25, 0.3) is 0 Å². The fourth-order valence-electron chi connectivity index (χ4n) is 1.85. The Morgan fingerprint density at radius 3 is 2.95 bits per heavy atom. The number of aromatic nitrogens is 4. The molecule has 0 bridgehead atoms. The Labute approximate surface area is 129 Å². The van der Waals surface area contributed by atoms with Crippen LogP contribution in [0.3, 0.4) is 0 Å². The summed E-state index contributed by atoms with van der Waals surface area (Å²) in [5.74, 6) is 2.39. The van der Waals surface area contributed by atoms with Crippen LogP contribution in [0.25, 0.3) is 0 Å². The van der Waals surface area contributed by atoms with Gasteiger partial charge in [-0.25, -0.2) is 4.68 Å². The van der Waals surface area contributed by atoms with Crippen molar-refractivity contribution in [3.8, 4) is 5.75 Å². The smallest absolute Gasteiger partial charge is 0.161 e. The van der Waals surface area contributed by atoms with Crippen LogP contribution < -0.4 is 10.5 Å².